The normalized spacial score (nSPS) is 11.0. The van der Waals surface area contributed by atoms with Gasteiger partial charge in [0.1, 0.15) is 0 Å². The third-order valence-electron chi connectivity index (χ3n) is 3.52. The molecule has 0 spiro atoms. The molecule has 0 aliphatic rings. The van der Waals surface area contributed by atoms with E-state index in [1.807, 2.05) is 18.2 Å². The minimum atomic E-state index is -3.25. The fraction of sp³-hybridized carbons (Fsp3) is 0.278. The van der Waals surface area contributed by atoms with Crippen molar-refractivity contribution in [2.24, 2.45) is 0 Å². The third kappa shape index (κ3) is 6.04. The summed E-state index contributed by atoms with van der Waals surface area (Å²) in [5.74, 6) is -0.118. The molecule has 0 unspecified atom stereocenters. The molecule has 0 saturated heterocycles. The van der Waals surface area contributed by atoms with E-state index in [1.165, 1.54) is 17.7 Å². The molecular formula is C18H22N2O3S. The van der Waals surface area contributed by atoms with Gasteiger partial charge >= 0.3 is 0 Å². The average molecular weight is 346 g/mol. The van der Waals surface area contributed by atoms with Crippen molar-refractivity contribution in [3.63, 3.8) is 0 Å². The summed E-state index contributed by atoms with van der Waals surface area (Å²) >= 11 is 0. The molecular weight excluding hydrogens is 324 g/mol. The molecule has 5 nitrogen and oxygen atoms in total. The summed E-state index contributed by atoms with van der Waals surface area (Å²) in [7, 11) is -3.25. The number of sulfone groups is 1. The summed E-state index contributed by atoms with van der Waals surface area (Å²) in [6, 6.07) is 16.6. The average Bonchev–Trinajstić information content (AvgIpc) is 2.57. The third-order valence-corrected chi connectivity index (χ3v) is 4.63. The van der Waals surface area contributed by atoms with Gasteiger partial charge in [-0.1, -0.05) is 36.4 Å². The number of benzene rings is 2. The molecule has 2 N–H and O–H groups in total. The Morgan fingerprint density at radius 3 is 2.50 bits per heavy atom. The maximum atomic E-state index is 11.8. The Morgan fingerprint density at radius 2 is 1.79 bits per heavy atom. The van der Waals surface area contributed by atoms with E-state index >= 15 is 0 Å². The van der Waals surface area contributed by atoms with Gasteiger partial charge in [0.15, 0.2) is 9.84 Å². The van der Waals surface area contributed by atoms with Gasteiger partial charge in [0.05, 0.1) is 11.4 Å². The van der Waals surface area contributed by atoms with E-state index < -0.39 is 9.84 Å². The van der Waals surface area contributed by atoms with Gasteiger partial charge in [-0.25, -0.2) is 8.42 Å². The first-order valence-corrected chi connectivity index (χ1v) is 9.69. The zero-order chi connectivity index (χ0) is 17.4. The summed E-state index contributed by atoms with van der Waals surface area (Å²) in [5.41, 5.74) is 1.86. The number of aryl methyl sites for hydroxylation is 1. The van der Waals surface area contributed by atoms with Crippen LogP contribution in [0, 0.1) is 0 Å². The number of hydrogen-bond acceptors (Lipinski definition) is 4. The molecule has 0 fully saturated rings. The molecule has 0 aromatic heterocycles. The molecule has 2 rings (SSSR count). The number of rotatable bonds is 8. The number of amides is 1. The Balaban J connectivity index is 1.71. The molecule has 128 valence electrons. The monoisotopic (exact) mass is 346 g/mol. The van der Waals surface area contributed by atoms with Gasteiger partial charge in [0.2, 0.25) is 5.91 Å². The topological polar surface area (TPSA) is 75.3 Å². The maximum absolute atomic E-state index is 11.8. The lowest BCUT2D eigenvalue weighted by Crippen LogP contribution is -2.30. The van der Waals surface area contributed by atoms with Crippen LogP contribution >= 0.6 is 0 Å². The fourth-order valence-corrected chi connectivity index (χ4v) is 2.91. The van der Waals surface area contributed by atoms with Crippen molar-refractivity contribution in [2.45, 2.75) is 17.7 Å². The summed E-state index contributed by atoms with van der Waals surface area (Å²) in [4.78, 5) is 12.0. The summed E-state index contributed by atoms with van der Waals surface area (Å²) in [6.07, 6.45) is 2.95. The van der Waals surface area contributed by atoms with Crippen LogP contribution in [-0.2, 0) is 21.1 Å². The number of anilines is 1. The van der Waals surface area contributed by atoms with Crippen molar-refractivity contribution in [1.82, 2.24) is 5.32 Å². The van der Waals surface area contributed by atoms with E-state index in [-0.39, 0.29) is 17.3 Å². The molecule has 0 saturated carbocycles. The van der Waals surface area contributed by atoms with Gasteiger partial charge < -0.3 is 10.6 Å². The van der Waals surface area contributed by atoms with Crippen LogP contribution < -0.4 is 10.6 Å². The molecule has 2 aromatic carbocycles. The van der Waals surface area contributed by atoms with Crippen molar-refractivity contribution in [3.05, 3.63) is 60.2 Å². The van der Waals surface area contributed by atoms with E-state index in [0.717, 1.165) is 19.1 Å². The lowest BCUT2D eigenvalue weighted by Gasteiger charge is -2.09. The van der Waals surface area contributed by atoms with Crippen molar-refractivity contribution in [2.75, 3.05) is 24.7 Å². The zero-order valence-corrected chi connectivity index (χ0v) is 14.5. The van der Waals surface area contributed by atoms with Crippen molar-refractivity contribution >= 4 is 21.4 Å². The Bertz CT molecular complexity index is 774. The molecule has 0 aliphatic carbocycles. The van der Waals surface area contributed by atoms with E-state index in [4.69, 9.17) is 0 Å². The van der Waals surface area contributed by atoms with E-state index in [9.17, 15) is 13.2 Å². The second kappa shape index (κ2) is 8.49. The predicted octanol–water partition coefficient (Wildman–Crippen LogP) is 2.25. The van der Waals surface area contributed by atoms with Gasteiger partial charge in [0.25, 0.3) is 0 Å². The summed E-state index contributed by atoms with van der Waals surface area (Å²) in [6.45, 7) is 0.720. The van der Waals surface area contributed by atoms with Crippen LogP contribution in [0.4, 0.5) is 5.69 Å². The van der Waals surface area contributed by atoms with E-state index in [2.05, 4.69) is 22.8 Å². The van der Waals surface area contributed by atoms with Gasteiger partial charge in [-0.15, -0.1) is 0 Å². The maximum Gasteiger partial charge on any atom is 0.239 e. The molecule has 2 aromatic rings. The Kier molecular flexibility index (Phi) is 6.37. The predicted molar refractivity (Wildman–Crippen MR) is 95.8 cm³/mol. The van der Waals surface area contributed by atoms with Gasteiger partial charge in [-0.05, 0) is 36.6 Å². The van der Waals surface area contributed by atoms with Crippen LogP contribution in [0.1, 0.15) is 12.0 Å². The van der Waals surface area contributed by atoms with E-state index in [0.29, 0.717) is 12.2 Å². The highest BCUT2D eigenvalue weighted by atomic mass is 32.2. The van der Waals surface area contributed by atoms with Crippen LogP contribution in [0.5, 0.6) is 0 Å². The first-order valence-electron chi connectivity index (χ1n) is 7.80. The molecule has 0 heterocycles. The highest BCUT2D eigenvalue weighted by Gasteiger charge is 2.07. The molecule has 6 heteroatoms. The van der Waals surface area contributed by atoms with Crippen LogP contribution in [0.3, 0.4) is 0 Å². The molecule has 24 heavy (non-hydrogen) atoms. The van der Waals surface area contributed by atoms with Crippen LogP contribution in [-0.4, -0.2) is 33.7 Å². The Labute approximate surface area is 143 Å². The van der Waals surface area contributed by atoms with Gasteiger partial charge in [-0.2, -0.15) is 0 Å². The van der Waals surface area contributed by atoms with Crippen molar-refractivity contribution in [3.8, 4) is 0 Å². The number of hydrogen-bond donors (Lipinski definition) is 2. The van der Waals surface area contributed by atoms with Gasteiger partial charge in [0, 0.05) is 18.5 Å². The van der Waals surface area contributed by atoms with Crippen molar-refractivity contribution in [1.29, 1.82) is 0 Å². The zero-order valence-electron chi connectivity index (χ0n) is 13.7. The highest BCUT2D eigenvalue weighted by molar-refractivity contribution is 7.90. The van der Waals surface area contributed by atoms with Crippen LogP contribution in [0.2, 0.25) is 0 Å². The standard InChI is InChI=1S/C18H22N2O3S/c1-24(22,23)17-11-5-10-16(13-17)20-14-18(21)19-12-6-9-15-7-3-2-4-8-15/h2-5,7-8,10-11,13,20H,6,9,12,14H2,1H3,(H,19,21). The first-order chi connectivity index (χ1) is 11.4. The van der Waals surface area contributed by atoms with Crippen LogP contribution in [0.25, 0.3) is 0 Å². The largest absolute Gasteiger partial charge is 0.376 e. The number of nitrogens with one attached hydrogen (secondary N) is 2. The van der Waals surface area contributed by atoms with Crippen LogP contribution in [0.15, 0.2) is 59.5 Å². The van der Waals surface area contributed by atoms with E-state index in [1.54, 1.807) is 12.1 Å². The lowest BCUT2D eigenvalue weighted by molar-refractivity contribution is -0.119. The number of carbonyl (C=O) groups is 1. The lowest BCUT2D eigenvalue weighted by atomic mass is 10.1. The molecule has 0 radical (unpaired) electrons. The summed E-state index contributed by atoms with van der Waals surface area (Å²) in [5, 5.41) is 5.79. The second-order valence-corrected chi connectivity index (χ2v) is 7.61. The second-order valence-electron chi connectivity index (χ2n) is 5.59. The minimum Gasteiger partial charge on any atom is -0.376 e. The fourth-order valence-electron chi connectivity index (χ4n) is 2.25. The Hall–Kier alpha value is -2.34. The molecule has 1 amide bonds. The SMILES string of the molecule is CS(=O)(=O)c1cccc(NCC(=O)NCCCc2ccccc2)c1. The Morgan fingerprint density at radius 1 is 1.04 bits per heavy atom. The quantitative estimate of drug-likeness (QED) is 0.719. The molecule has 0 bridgehead atoms. The summed E-state index contributed by atoms with van der Waals surface area (Å²) < 4.78 is 23.0. The molecule has 0 aliphatic heterocycles. The molecule has 0 atom stereocenters. The first kappa shape index (κ1) is 18.0. The van der Waals surface area contributed by atoms with Gasteiger partial charge in [-0.3, -0.25) is 4.79 Å². The van der Waals surface area contributed by atoms with Crippen molar-refractivity contribution < 1.29 is 13.2 Å². The number of carbonyl (C=O) groups excluding carboxylic acids is 1. The smallest absolute Gasteiger partial charge is 0.239 e. The highest BCUT2D eigenvalue weighted by Crippen LogP contribution is 2.14. The minimum absolute atomic E-state index is 0.110.